The van der Waals surface area contributed by atoms with Gasteiger partial charge in [0.25, 0.3) is 0 Å². The van der Waals surface area contributed by atoms with Crippen molar-refractivity contribution in [1.29, 1.82) is 0 Å². The quantitative estimate of drug-likeness (QED) is 0.594. The molecule has 3 atom stereocenters. The Bertz CT molecular complexity index is 229. The van der Waals surface area contributed by atoms with Crippen LogP contribution in [0.3, 0.4) is 0 Å². The molecule has 0 aromatic rings. The van der Waals surface area contributed by atoms with Crippen molar-refractivity contribution in [2.75, 3.05) is 53.6 Å². The first kappa shape index (κ1) is 16.9. The molecule has 1 fully saturated rings. The van der Waals surface area contributed by atoms with Gasteiger partial charge in [0.2, 0.25) is 0 Å². The number of aliphatic hydroxyl groups is 1. The SMILES string of the molecule is CNC(C)C1CCCN(CC(O)COCCOC)C1. The van der Waals surface area contributed by atoms with Gasteiger partial charge in [-0.2, -0.15) is 0 Å². The van der Waals surface area contributed by atoms with E-state index in [1.54, 1.807) is 7.11 Å². The summed E-state index contributed by atoms with van der Waals surface area (Å²) in [5.74, 6) is 0.681. The van der Waals surface area contributed by atoms with Crippen molar-refractivity contribution >= 4 is 0 Å². The average molecular weight is 274 g/mol. The molecule has 19 heavy (non-hydrogen) atoms. The molecule has 0 saturated carbocycles. The number of hydrogen-bond acceptors (Lipinski definition) is 5. The van der Waals surface area contributed by atoms with E-state index in [4.69, 9.17) is 9.47 Å². The first-order valence-electron chi connectivity index (χ1n) is 7.31. The number of methoxy groups -OCH3 is 1. The third-order valence-electron chi connectivity index (χ3n) is 3.92. The van der Waals surface area contributed by atoms with Gasteiger partial charge in [0.15, 0.2) is 0 Å². The fourth-order valence-corrected chi connectivity index (χ4v) is 2.61. The van der Waals surface area contributed by atoms with Crippen LogP contribution in [-0.2, 0) is 9.47 Å². The fraction of sp³-hybridized carbons (Fsp3) is 1.00. The zero-order valence-corrected chi connectivity index (χ0v) is 12.6. The number of β-amino-alcohol motifs (C(OH)–C–C–N with tert-alkyl or cyclic N) is 1. The van der Waals surface area contributed by atoms with Crippen molar-refractivity contribution < 1.29 is 14.6 Å². The topological polar surface area (TPSA) is 54.0 Å². The van der Waals surface area contributed by atoms with Gasteiger partial charge in [-0.25, -0.2) is 0 Å². The van der Waals surface area contributed by atoms with Gasteiger partial charge in [-0.1, -0.05) is 0 Å². The molecule has 1 heterocycles. The summed E-state index contributed by atoms with van der Waals surface area (Å²) < 4.78 is 10.3. The molecule has 0 aromatic heterocycles. The van der Waals surface area contributed by atoms with Crippen molar-refractivity contribution in [2.24, 2.45) is 5.92 Å². The lowest BCUT2D eigenvalue weighted by Gasteiger charge is -2.36. The number of likely N-dealkylation sites (tertiary alicyclic amines) is 1. The molecular weight excluding hydrogens is 244 g/mol. The van der Waals surface area contributed by atoms with Crippen LogP contribution in [-0.4, -0.2) is 75.8 Å². The summed E-state index contributed by atoms with van der Waals surface area (Å²) in [7, 11) is 3.67. The number of ether oxygens (including phenoxy) is 2. The number of rotatable bonds is 9. The largest absolute Gasteiger partial charge is 0.389 e. The third-order valence-corrected chi connectivity index (χ3v) is 3.92. The number of aliphatic hydroxyl groups excluding tert-OH is 1. The van der Waals surface area contributed by atoms with Crippen molar-refractivity contribution in [3.63, 3.8) is 0 Å². The van der Waals surface area contributed by atoms with E-state index < -0.39 is 6.10 Å². The molecule has 5 nitrogen and oxygen atoms in total. The van der Waals surface area contributed by atoms with E-state index >= 15 is 0 Å². The van der Waals surface area contributed by atoms with E-state index in [0.29, 0.717) is 38.3 Å². The summed E-state index contributed by atoms with van der Waals surface area (Å²) in [5, 5.41) is 13.3. The molecule has 114 valence electrons. The summed E-state index contributed by atoms with van der Waals surface area (Å²) in [6.45, 7) is 6.62. The molecule has 1 rings (SSSR count). The molecule has 3 unspecified atom stereocenters. The van der Waals surface area contributed by atoms with E-state index in [9.17, 15) is 5.11 Å². The second-order valence-electron chi connectivity index (χ2n) is 5.46. The molecule has 1 aliphatic rings. The van der Waals surface area contributed by atoms with E-state index in [1.807, 2.05) is 7.05 Å². The summed E-state index contributed by atoms with van der Waals surface area (Å²) in [6.07, 6.45) is 2.09. The Balaban J connectivity index is 2.20. The van der Waals surface area contributed by atoms with Crippen LogP contribution >= 0.6 is 0 Å². The van der Waals surface area contributed by atoms with E-state index in [1.165, 1.54) is 12.8 Å². The van der Waals surface area contributed by atoms with Crippen LogP contribution in [0.15, 0.2) is 0 Å². The predicted molar refractivity (Wildman–Crippen MR) is 76.4 cm³/mol. The highest BCUT2D eigenvalue weighted by atomic mass is 16.5. The molecule has 0 spiro atoms. The van der Waals surface area contributed by atoms with Gasteiger partial charge in [-0.05, 0) is 39.3 Å². The third kappa shape index (κ3) is 6.68. The van der Waals surface area contributed by atoms with E-state index in [2.05, 4.69) is 17.1 Å². The number of nitrogens with one attached hydrogen (secondary N) is 1. The molecule has 2 N–H and O–H groups in total. The van der Waals surface area contributed by atoms with E-state index in [-0.39, 0.29) is 0 Å². The Hall–Kier alpha value is -0.200. The van der Waals surface area contributed by atoms with Crippen LogP contribution in [0.5, 0.6) is 0 Å². The lowest BCUT2D eigenvalue weighted by molar-refractivity contribution is -0.00677. The van der Waals surface area contributed by atoms with Gasteiger partial charge in [0.05, 0.1) is 25.9 Å². The highest BCUT2D eigenvalue weighted by Gasteiger charge is 2.24. The smallest absolute Gasteiger partial charge is 0.0900 e. The normalized spacial score (nSPS) is 24.3. The number of piperidine rings is 1. The highest BCUT2D eigenvalue weighted by Crippen LogP contribution is 2.19. The molecule has 5 heteroatoms. The zero-order chi connectivity index (χ0) is 14.1. The van der Waals surface area contributed by atoms with Crippen LogP contribution in [0.2, 0.25) is 0 Å². The summed E-state index contributed by atoms with van der Waals surface area (Å²) in [5.41, 5.74) is 0. The van der Waals surface area contributed by atoms with Crippen LogP contribution < -0.4 is 5.32 Å². The van der Waals surface area contributed by atoms with Crippen molar-refractivity contribution in [3.05, 3.63) is 0 Å². The van der Waals surface area contributed by atoms with Gasteiger partial charge in [-0.3, -0.25) is 0 Å². The second kappa shape index (κ2) is 9.66. The van der Waals surface area contributed by atoms with Crippen LogP contribution in [0, 0.1) is 5.92 Å². The average Bonchev–Trinajstić information content (AvgIpc) is 2.43. The molecule has 0 bridgehead atoms. The Morgan fingerprint density at radius 2 is 2.21 bits per heavy atom. The maximum atomic E-state index is 9.96. The summed E-state index contributed by atoms with van der Waals surface area (Å²) >= 11 is 0. The number of nitrogens with zero attached hydrogens (tertiary/aromatic N) is 1. The molecular formula is C14H30N2O3. The summed E-state index contributed by atoms with van der Waals surface area (Å²) in [4.78, 5) is 2.35. The van der Waals surface area contributed by atoms with Gasteiger partial charge < -0.3 is 24.8 Å². The second-order valence-corrected chi connectivity index (χ2v) is 5.46. The minimum atomic E-state index is -0.402. The van der Waals surface area contributed by atoms with Crippen LogP contribution in [0.1, 0.15) is 19.8 Å². The molecule has 0 radical (unpaired) electrons. The Morgan fingerprint density at radius 3 is 2.89 bits per heavy atom. The van der Waals surface area contributed by atoms with E-state index in [0.717, 1.165) is 13.1 Å². The zero-order valence-electron chi connectivity index (χ0n) is 12.6. The first-order chi connectivity index (χ1) is 9.17. The van der Waals surface area contributed by atoms with Crippen molar-refractivity contribution in [2.45, 2.75) is 31.9 Å². The lowest BCUT2D eigenvalue weighted by Crippen LogP contribution is -2.46. The maximum absolute atomic E-state index is 9.96. The standard InChI is InChI=1S/C14H30N2O3/c1-12(15-2)13-5-4-6-16(9-13)10-14(17)11-19-8-7-18-3/h12-15,17H,4-11H2,1-3H3. The molecule has 0 amide bonds. The molecule has 1 saturated heterocycles. The minimum Gasteiger partial charge on any atom is -0.389 e. The predicted octanol–water partition coefficient (Wildman–Crippen LogP) is 0.330. The Labute approximate surface area is 117 Å². The molecule has 0 aromatic carbocycles. The van der Waals surface area contributed by atoms with Crippen molar-refractivity contribution in [3.8, 4) is 0 Å². The van der Waals surface area contributed by atoms with Crippen LogP contribution in [0.25, 0.3) is 0 Å². The van der Waals surface area contributed by atoms with Crippen LogP contribution in [0.4, 0.5) is 0 Å². The van der Waals surface area contributed by atoms with Gasteiger partial charge >= 0.3 is 0 Å². The molecule has 0 aliphatic carbocycles. The fourth-order valence-electron chi connectivity index (χ4n) is 2.61. The lowest BCUT2D eigenvalue weighted by atomic mass is 9.91. The van der Waals surface area contributed by atoms with Gasteiger partial charge in [0, 0.05) is 26.2 Å². The van der Waals surface area contributed by atoms with Gasteiger partial charge in [-0.15, -0.1) is 0 Å². The molecule has 1 aliphatic heterocycles. The highest BCUT2D eigenvalue weighted by molar-refractivity contribution is 4.80. The Kier molecular flexibility index (Phi) is 8.57. The first-order valence-corrected chi connectivity index (χ1v) is 7.31. The Morgan fingerprint density at radius 1 is 1.42 bits per heavy atom. The monoisotopic (exact) mass is 274 g/mol. The number of hydrogen-bond donors (Lipinski definition) is 2. The van der Waals surface area contributed by atoms with Crippen molar-refractivity contribution in [1.82, 2.24) is 10.2 Å². The van der Waals surface area contributed by atoms with Gasteiger partial charge in [0.1, 0.15) is 0 Å². The summed E-state index contributed by atoms with van der Waals surface area (Å²) in [6, 6.07) is 0.540. The maximum Gasteiger partial charge on any atom is 0.0900 e. The minimum absolute atomic E-state index is 0.395.